The van der Waals surface area contributed by atoms with E-state index in [1.54, 1.807) is 0 Å². The number of aliphatic hydroxyl groups is 1. The Hall–Kier alpha value is -0.210. The Labute approximate surface area is 65.5 Å². The molecule has 0 unspecified atom stereocenters. The van der Waals surface area contributed by atoms with Gasteiger partial charge in [0, 0.05) is 6.54 Å². The van der Waals surface area contributed by atoms with E-state index in [-0.39, 0.29) is 26.4 Å². The summed E-state index contributed by atoms with van der Waals surface area (Å²) >= 11 is 0. The summed E-state index contributed by atoms with van der Waals surface area (Å²) in [5, 5.41) is 12.8. The van der Waals surface area contributed by atoms with E-state index in [1.807, 2.05) is 4.72 Å². The smallest absolute Gasteiger partial charge is 0.274 e. The van der Waals surface area contributed by atoms with Gasteiger partial charge in [-0.3, -0.25) is 0 Å². The van der Waals surface area contributed by atoms with E-state index in [1.165, 1.54) is 0 Å². The highest BCUT2D eigenvalue weighted by Gasteiger charge is 1.97. The lowest BCUT2D eigenvalue weighted by atomic mass is 10.7. The Morgan fingerprint density at radius 1 is 1.45 bits per heavy atom. The Morgan fingerprint density at radius 3 is 2.55 bits per heavy atom. The van der Waals surface area contributed by atoms with Crippen LogP contribution in [-0.2, 0) is 14.9 Å². The van der Waals surface area contributed by atoms with Crippen molar-refractivity contribution in [1.82, 2.24) is 4.72 Å². The van der Waals surface area contributed by atoms with E-state index in [4.69, 9.17) is 9.84 Å². The Balaban J connectivity index is 3.16. The number of aliphatic hydroxyl groups excluding tert-OH is 1. The third-order valence-corrected chi connectivity index (χ3v) is 1.39. The second-order valence-electron chi connectivity index (χ2n) is 1.78. The summed E-state index contributed by atoms with van der Waals surface area (Å²) in [7, 11) is -3.60. The third kappa shape index (κ3) is 9.79. The van der Waals surface area contributed by atoms with Gasteiger partial charge in [-0.2, -0.15) is 8.42 Å². The van der Waals surface area contributed by atoms with Gasteiger partial charge in [-0.05, 0) is 0 Å². The number of nitrogens with one attached hydrogen (secondary N) is 1. The molecule has 0 aliphatic rings. The van der Waals surface area contributed by atoms with E-state index >= 15 is 0 Å². The zero-order valence-corrected chi connectivity index (χ0v) is 6.80. The van der Waals surface area contributed by atoms with Crippen LogP contribution in [0, 0.1) is 0 Å². The predicted molar refractivity (Wildman–Crippen MR) is 39.0 cm³/mol. The first-order chi connectivity index (χ1) is 5.06. The van der Waals surface area contributed by atoms with Crippen molar-refractivity contribution in [3.05, 3.63) is 0 Å². The number of ether oxygens (including phenoxy) is 1. The van der Waals surface area contributed by atoms with Crippen LogP contribution in [0.3, 0.4) is 0 Å². The van der Waals surface area contributed by atoms with Gasteiger partial charge in [-0.15, -0.1) is 0 Å². The lowest BCUT2D eigenvalue weighted by molar-refractivity contribution is 0.0961. The molecule has 11 heavy (non-hydrogen) atoms. The quantitative estimate of drug-likeness (QED) is 0.407. The molecule has 0 atom stereocenters. The molecule has 0 saturated heterocycles. The second kappa shape index (κ2) is 5.44. The van der Waals surface area contributed by atoms with E-state index in [0.717, 1.165) is 0 Å². The maximum absolute atomic E-state index is 10.2. The maximum Gasteiger partial charge on any atom is 0.274 e. The van der Waals surface area contributed by atoms with E-state index in [0.29, 0.717) is 0 Å². The molecule has 0 radical (unpaired) electrons. The van der Waals surface area contributed by atoms with E-state index in [9.17, 15) is 8.42 Å². The minimum Gasteiger partial charge on any atom is -0.394 e. The SMILES string of the molecule is NS(=O)(=O)NCCOCCO. The average molecular weight is 184 g/mol. The van der Waals surface area contributed by atoms with Gasteiger partial charge in [0.25, 0.3) is 10.2 Å². The minimum atomic E-state index is -3.60. The molecule has 0 fully saturated rings. The molecular weight excluding hydrogens is 172 g/mol. The number of hydrogen-bond donors (Lipinski definition) is 3. The van der Waals surface area contributed by atoms with Gasteiger partial charge in [-0.1, -0.05) is 0 Å². The molecule has 0 aromatic heterocycles. The van der Waals surface area contributed by atoms with Gasteiger partial charge in [-0.25, -0.2) is 9.86 Å². The summed E-state index contributed by atoms with van der Waals surface area (Å²) in [6.45, 7) is 0.456. The zero-order chi connectivity index (χ0) is 8.74. The molecule has 0 aromatic rings. The highest BCUT2D eigenvalue weighted by atomic mass is 32.2. The predicted octanol–water partition coefficient (Wildman–Crippen LogP) is -2.21. The third-order valence-electron chi connectivity index (χ3n) is 0.785. The molecule has 0 aromatic carbocycles. The molecule has 6 nitrogen and oxygen atoms in total. The normalized spacial score (nSPS) is 11.8. The maximum atomic E-state index is 10.2. The van der Waals surface area contributed by atoms with Crippen molar-refractivity contribution in [3.8, 4) is 0 Å². The zero-order valence-electron chi connectivity index (χ0n) is 5.99. The Bertz CT molecular complexity index is 179. The molecule has 7 heteroatoms. The van der Waals surface area contributed by atoms with Crippen LogP contribution >= 0.6 is 0 Å². The molecular formula is C4H12N2O4S. The first-order valence-electron chi connectivity index (χ1n) is 3.02. The van der Waals surface area contributed by atoms with Crippen LogP contribution in [0.4, 0.5) is 0 Å². The van der Waals surface area contributed by atoms with Crippen LogP contribution < -0.4 is 9.86 Å². The van der Waals surface area contributed by atoms with Crippen molar-refractivity contribution in [2.24, 2.45) is 5.14 Å². The fourth-order valence-corrected chi connectivity index (χ4v) is 0.791. The van der Waals surface area contributed by atoms with Gasteiger partial charge in [0.05, 0.1) is 19.8 Å². The summed E-state index contributed by atoms with van der Waals surface area (Å²) < 4.78 is 27.2. The topological polar surface area (TPSA) is 102 Å². The van der Waals surface area contributed by atoms with Crippen molar-refractivity contribution in [1.29, 1.82) is 0 Å². The van der Waals surface area contributed by atoms with E-state index < -0.39 is 10.2 Å². The van der Waals surface area contributed by atoms with Gasteiger partial charge < -0.3 is 9.84 Å². The van der Waals surface area contributed by atoms with Crippen LogP contribution in [0.15, 0.2) is 0 Å². The van der Waals surface area contributed by atoms with Crippen LogP contribution in [0.25, 0.3) is 0 Å². The van der Waals surface area contributed by atoms with Crippen LogP contribution in [0.5, 0.6) is 0 Å². The van der Waals surface area contributed by atoms with Crippen LogP contribution in [0.2, 0.25) is 0 Å². The standard InChI is InChI=1S/C4H12N2O4S/c5-11(8,9)6-1-3-10-4-2-7/h6-7H,1-4H2,(H2,5,8,9). The van der Waals surface area contributed by atoms with Crippen LogP contribution in [0.1, 0.15) is 0 Å². The van der Waals surface area contributed by atoms with Gasteiger partial charge >= 0.3 is 0 Å². The van der Waals surface area contributed by atoms with Crippen molar-refractivity contribution in [3.63, 3.8) is 0 Å². The molecule has 0 heterocycles. The summed E-state index contributed by atoms with van der Waals surface area (Å²) in [6.07, 6.45) is 0. The monoisotopic (exact) mass is 184 g/mol. The molecule has 0 spiro atoms. The second-order valence-corrected chi connectivity index (χ2v) is 3.15. The van der Waals surface area contributed by atoms with Gasteiger partial charge in [0.2, 0.25) is 0 Å². The molecule has 0 rings (SSSR count). The fraction of sp³-hybridized carbons (Fsp3) is 1.00. The molecule has 0 aliphatic carbocycles. The molecule has 0 saturated carbocycles. The summed E-state index contributed by atoms with van der Waals surface area (Å²) in [5.74, 6) is 0. The largest absolute Gasteiger partial charge is 0.394 e. The Morgan fingerprint density at radius 2 is 2.09 bits per heavy atom. The fourth-order valence-electron chi connectivity index (χ4n) is 0.423. The summed E-state index contributed by atoms with van der Waals surface area (Å²) in [4.78, 5) is 0. The highest BCUT2D eigenvalue weighted by molar-refractivity contribution is 7.87. The lowest BCUT2D eigenvalue weighted by Gasteiger charge is -2.01. The van der Waals surface area contributed by atoms with Crippen molar-refractivity contribution in [2.45, 2.75) is 0 Å². The summed E-state index contributed by atoms with van der Waals surface area (Å²) in [5.41, 5.74) is 0. The summed E-state index contributed by atoms with van der Waals surface area (Å²) in [6, 6.07) is 0. The van der Waals surface area contributed by atoms with Gasteiger partial charge in [0.15, 0.2) is 0 Å². The first kappa shape index (κ1) is 10.8. The molecule has 0 amide bonds. The Kier molecular flexibility index (Phi) is 5.34. The first-order valence-corrected chi connectivity index (χ1v) is 4.57. The van der Waals surface area contributed by atoms with Crippen molar-refractivity contribution >= 4 is 10.2 Å². The number of nitrogens with two attached hydrogens (primary N) is 1. The lowest BCUT2D eigenvalue weighted by Crippen LogP contribution is -2.33. The molecule has 0 aliphatic heterocycles. The van der Waals surface area contributed by atoms with Crippen molar-refractivity contribution < 1.29 is 18.3 Å². The number of hydrogen-bond acceptors (Lipinski definition) is 4. The van der Waals surface area contributed by atoms with Crippen LogP contribution in [-0.4, -0.2) is 39.9 Å². The number of rotatable bonds is 6. The van der Waals surface area contributed by atoms with E-state index in [2.05, 4.69) is 5.14 Å². The minimum absolute atomic E-state index is 0.0740. The molecule has 0 bridgehead atoms. The average Bonchev–Trinajstić information content (AvgIpc) is 1.85. The van der Waals surface area contributed by atoms with Crippen molar-refractivity contribution in [2.75, 3.05) is 26.4 Å². The van der Waals surface area contributed by atoms with Gasteiger partial charge in [0.1, 0.15) is 0 Å². The highest BCUT2D eigenvalue weighted by Crippen LogP contribution is 1.72. The molecule has 4 N–H and O–H groups in total. The molecule has 68 valence electrons.